The van der Waals surface area contributed by atoms with Crippen LogP contribution in [0, 0.1) is 0 Å². The Bertz CT molecular complexity index is 316. The highest BCUT2D eigenvalue weighted by Gasteiger charge is 2.20. The molecule has 0 aliphatic rings. The van der Waals surface area contributed by atoms with Gasteiger partial charge in [0.15, 0.2) is 0 Å². The standard InChI is InChI=1S/C11H13Cl2NO/c1-2-8-14(11(13)15)10(12)9-6-4-3-5-7-9/h3-7,10H,2,8H2,1H3. The molecule has 82 valence electrons. The van der Waals surface area contributed by atoms with E-state index in [2.05, 4.69) is 0 Å². The number of benzene rings is 1. The van der Waals surface area contributed by atoms with Crippen LogP contribution in [0.3, 0.4) is 0 Å². The van der Waals surface area contributed by atoms with Crippen molar-refractivity contribution in [2.75, 3.05) is 6.54 Å². The Hall–Kier alpha value is -0.730. The van der Waals surface area contributed by atoms with Gasteiger partial charge in [0.2, 0.25) is 0 Å². The lowest BCUT2D eigenvalue weighted by Gasteiger charge is -2.24. The van der Waals surface area contributed by atoms with Crippen molar-refractivity contribution in [2.24, 2.45) is 0 Å². The highest BCUT2D eigenvalue weighted by molar-refractivity contribution is 6.63. The van der Waals surface area contributed by atoms with Crippen LogP contribution in [-0.4, -0.2) is 16.8 Å². The topological polar surface area (TPSA) is 20.3 Å². The zero-order chi connectivity index (χ0) is 11.3. The molecule has 1 atom stereocenters. The zero-order valence-electron chi connectivity index (χ0n) is 8.49. The molecule has 0 saturated heterocycles. The van der Waals surface area contributed by atoms with E-state index in [0.29, 0.717) is 6.54 Å². The van der Waals surface area contributed by atoms with E-state index >= 15 is 0 Å². The van der Waals surface area contributed by atoms with Crippen molar-refractivity contribution in [3.8, 4) is 0 Å². The van der Waals surface area contributed by atoms with Gasteiger partial charge in [0, 0.05) is 6.54 Å². The fraction of sp³-hybridized carbons (Fsp3) is 0.364. The third-order valence-electron chi connectivity index (χ3n) is 2.04. The number of alkyl halides is 1. The van der Waals surface area contributed by atoms with E-state index in [0.717, 1.165) is 12.0 Å². The molecule has 0 N–H and O–H groups in total. The molecule has 0 aliphatic heterocycles. The van der Waals surface area contributed by atoms with Crippen LogP contribution >= 0.6 is 23.2 Å². The van der Waals surface area contributed by atoms with Crippen LogP contribution in [0.25, 0.3) is 0 Å². The Kier molecular flexibility index (Phi) is 4.92. The molecule has 1 unspecified atom stereocenters. The van der Waals surface area contributed by atoms with Crippen molar-refractivity contribution in [1.82, 2.24) is 4.90 Å². The van der Waals surface area contributed by atoms with Gasteiger partial charge in [-0.1, -0.05) is 48.9 Å². The summed E-state index contributed by atoms with van der Waals surface area (Å²) < 4.78 is 0. The summed E-state index contributed by atoms with van der Waals surface area (Å²) in [6.07, 6.45) is 0.828. The number of nitrogens with zero attached hydrogens (tertiary/aromatic N) is 1. The number of rotatable bonds is 4. The Morgan fingerprint density at radius 3 is 2.47 bits per heavy atom. The van der Waals surface area contributed by atoms with E-state index in [1.807, 2.05) is 37.3 Å². The molecule has 0 heterocycles. The van der Waals surface area contributed by atoms with Crippen LogP contribution in [0.15, 0.2) is 30.3 Å². The number of carbonyl (C=O) groups is 1. The first-order valence-corrected chi connectivity index (χ1v) is 5.63. The lowest BCUT2D eigenvalue weighted by molar-refractivity contribution is 0.216. The molecule has 1 aromatic rings. The molecule has 1 rings (SSSR count). The Balaban J connectivity index is 2.81. The third-order valence-corrected chi connectivity index (χ3v) is 2.74. The third kappa shape index (κ3) is 3.40. The summed E-state index contributed by atoms with van der Waals surface area (Å²) in [5.41, 5.74) is 0.387. The smallest absolute Gasteiger partial charge is 0.309 e. The molecule has 0 saturated carbocycles. The molecular formula is C11H13Cl2NO. The number of hydrogen-bond donors (Lipinski definition) is 0. The maximum absolute atomic E-state index is 11.2. The molecule has 0 spiro atoms. The summed E-state index contributed by atoms with van der Waals surface area (Å²) in [5, 5.41) is -0.513. The quantitative estimate of drug-likeness (QED) is 0.446. The fourth-order valence-corrected chi connectivity index (χ4v) is 1.89. The SMILES string of the molecule is CCCN(C(=O)Cl)C(Cl)c1ccccc1. The molecule has 1 amide bonds. The van der Waals surface area contributed by atoms with E-state index in [1.54, 1.807) is 0 Å². The lowest BCUT2D eigenvalue weighted by atomic mass is 10.2. The second kappa shape index (κ2) is 5.99. The molecule has 15 heavy (non-hydrogen) atoms. The van der Waals surface area contributed by atoms with Crippen molar-refractivity contribution in [1.29, 1.82) is 0 Å². The van der Waals surface area contributed by atoms with E-state index < -0.39 is 10.9 Å². The van der Waals surface area contributed by atoms with E-state index in [4.69, 9.17) is 23.2 Å². The minimum Gasteiger partial charge on any atom is -0.309 e. The second-order valence-electron chi connectivity index (χ2n) is 3.19. The summed E-state index contributed by atoms with van der Waals surface area (Å²) in [6, 6.07) is 9.42. The van der Waals surface area contributed by atoms with Crippen LogP contribution < -0.4 is 0 Å². The first kappa shape index (κ1) is 12.3. The fourth-order valence-electron chi connectivity index (χ4n) is 1.32. The molecule has 0 bridgehead atoms. The highest BCUT2D eigenvalue weighted by Crippen LogP contribution is 2.26. The van der Waals surface area contributed by atoms with Crippen molar-refractivity contribution in [3.05, 3.63) is 35.9 Å². The van der Waals surface area contributed by atoms with Crippen LogP contribution in [0.1, 0.15) is 24.4 Å². The Morgan fingerprint density at radius 2 is 2.00 bits per heavy atom. The largest absolute Gasteiger partial charge is 0.317 e. The van der Waals surface area contributed by atoms with Crippen molar-refractivity contribution < 1.29 is 4.79 Å². The molecule has 0 aliphatic carbocycles. The van der Waals surface area contributed by atoms with Crippen LogP contribution in [-0.2, 0) is 0 Å². The van der Waals surface area contributed by atoms with Crippen LogP contribution in [0.5, 0.6) is 0 Å². The van der Waals surface area contributed by atoms with Gasteiger partial charge in [-0.25, -0.2) is 0 Å². The average Bonchev–Trinajstić information content (AvgIpc) is 2.26. The first-order chi connectivity index (χ1) is 7.16. The van der Waals surface area contributed by atoms with E-state index in [1.165, 1.54) is 4.90 Å². The van der Waals surface area contributed by atoms with Gasteiger partial charge in [-0.3, -0.25) is 4.79 Å². The molecule has 0 aromatic heterocycles. The number of carbonyl (C=O) groups excluding carboxylic acids is 1. The average molecular weight is 246 g/mol. The normalized spacial score (nSPS) is 12.2. The van der Waals surface area contributed by atoms with Crippen LogP contribution in [0.4, 0.5) is 4.79 Å². The summed E-state index contributed by atoms with van der Waals surface area (Å²) in [6.45, 7) is 2.53. The van der Waals surface area contributed by atoms with Crippen LogP contribution in [0.2, 0.25) is 0 Å². The number of halogens is 2. The zero-order valence-corrected chi connectivity index (χ0v) is 10.0. The molecule has 1 aromatic carbocycles. The van der Waals surface area contributed by atoms with Crippen molar-refractivity contribution in [3.63, 3.8) is 0 Å². The summed E-state index contributed by atoms with van der Waals surface area (Å²) in [4.78, 5) is 12.6. The summed E-state index contributed by atoms with van der Waals surface area (Å²) in [7, 11) is 0. The van der Waals surface area contributed by atoms with Crippen molar-refractivity contribution in [2.45, 2.75) is 18.8 Å². The number of amides is 1. The van der Waals surface area contributed by atoms with Gasteiger partial charge in [0.25, 0.3) is 0 Å². The predicted octanol–water partition coefficient (Wildman–Crippen LogP) is 3.99. The Morgan fingerprint density at radius 1 is 1.40 bits per heavy atom. The molecule has 0 radical (unpaired) electrons. The van der Waals surface area contributed by atoms with Gasteiger partial charge in [-0.05, 0) is 23.6 Å². The monoisotopic (exact) mass is 245 g/mol. The van der Waals surface area contributed by atoms with Gasteiger partial charge in [0.1, 0.15) is 5.50 Å². The van der Waals surface area contributed by atoms with E-state index in [-0.39, 0.29) is 0 Å². The summed E-state index contributed by atoms with van der Waals surface area (Å²) in [5.74, 6) is 0. The van der Waals surface area contributed by atoms with Crippen molar-refractivity contribution >= 4 is 28.6 Å². The van der Waals surface area contributed by atoms with Gasteiger partial charge in [-0.2, -0.15) is 0 Å². The molecular weight excluding hydrogens is 233 g/mol. The van der Waals surface area contributed by atoms with Gasteiger partial charge in [0.05, 0.1) is 0 Å². The highest BCUT2D eigenvalue weighted by atomic mass is 35.5. The molecule has 0 fully saturated rings. The minimum absolute atomic E-state index is 0.490. The minimum atomic E-state index is -0.513. The van der Waals surface area contributed by atoms with Gasteiger partial charge < -0.3 is 4.90 Å². The molecule has 4 heteroatoms. The predicted molar refractivity (Wildman–Crippen MR) is 63.3 cm³/mol. The lowest BCUT2D eigenvalue weighted by Crippen LogP contribution is -2.28. The maximum atomic E-state index is 11.2. The molecule has 2 nitrogen and oxygen atoms in total. The van der Waals surface area contributed by atoms with Gasteiger partial charge >= 0.3 is 5.37 Å². The van der Waals surface area contributed by atoms with E-state index in [9.17, 15) is 4.79 Å². The summed E-state index contributed by atoms with van der Waals surface area (Å²) >= 11 is 11.6. The first-order valence-electron chi connectivity index (χ1n) is 4.82. The van der Waals surface area contributed by atoms with Gasteiger partial charge in [-0.15, -0.1) is 0 Å². The second-order valence-corrected chi connectivity index (χ2v) is 3.93. The number of hydrogen-bond acceptors (Lipinski definition) is 1. The Labute approximate surface area is 99.8 Å². The maximum Gasteiger partial charge on any atom is 0.317 e.